The fourth-order valence-electron chi connectivity index (χ4n) is 2.51. The largest absolute Gasteiger partial charge is 0.351 e. The molecule has 1 saturated heterocycles. The van der Waals surface area contributed by atoms with Gasteiger partial charge in [0.25, 0.3) is 0 Å². The maximum absolute atomic E-state index is 5.18. The SMILES string of the molecule is CC[Si]1(CC)CCCN1c1ncno1. The molecule has 1 aromatic rings. The molecule has 0 aromatic carbocycles. The van der Waals surface area contributed by atoms with Crippen molar-refractivity contribution in [3.05, 3.63) is 6.33 Å². The van der Waals surface area contributed by atoms with Crippen LogP contribution in [0.4, 0.5) is 6.01 Å². The van der Waals surface area contributed by atoms with Crippen LogP contribution in [0.3, 0.4) is 0 Å². The lowest BCUT2D eigenvalue weighted by Crippen LogP contribution is -2.48. The predicted molar refractivity (Wildman–Crippen MR) is 57.8 cm³/mol. The van der Waals surface area contributed by atoms with Gasteiger partial charge in [0, 0.05) is 6.54 Å². The first-order valence-electron chi connectivity index (χ1n) is 5.37. The van der Waals surface area contributed by atoms with Gasteiger partial charge in [-0.3, -0.25) is 0 Å². The van der Waals surface area contributed by atoms with Gasteiger partial charge < -0.3 is 9.09 Å². The number of aromatic nitrogens is 2. The maximum atomic E-state index is 5.18. The number of nitrogens with zero attached hydrogens (tertiary/aromatic N) is 3. The summed E-state index contributed by atoms with van der Waals surface area (Å²) in [5, 5.41) is 3.70. The summed E-state index contributed by atoms with van der Waals surface area (Å²) in [5.74, 6) is 0. The Hall–Kier alpha value is -0.843. The predicted octanol–water partition coefficient (Wildman–Crippen LogP) is 2.27. The third-order valence-electron chi connectivity index (χ3n) is 3.49. The molecular formula is C9H17N3OSi. The van der Waals surface area contributed by atoms with E-state index in [-0.39, 0.29) is 0 Å². The Labute approximate surface area is 85.4 Å². The maximum Gasteiger partial charge on any atom is 0.315 e. The fraction of sp³-hybridized carbons (Fsp3) is 0.778. The second-order valence-corrected chi connectivity index (χ2v) is 8.81. The first kappa shape index (κ1) is 9.70. The summed E-state index contributed by atoms with van der Waals surface area (Å²) in [6, 6.07) is 4.69. The zero-order valence-electron chi connectivity index (χ0n) is 8.86. The van der Waals surface area contributed by atoms with Gasteiger partial charge >= 0.3 is 6.01 Å². The van der Waals surface area contributed by atoms with Gasteiger partial charge in [0.1, 0.15) is 0 Å². The Bertz CT molecular complexity index is 284. The minimum atomic E-state index is -1.28. The lowest BCUT2D eigenvalue weighted by atomic mass is 10.5. The summed E-state index contributed by atoms with van der Waals surface area (Å²) in [4.78, 5) is 4.17. The standard InChI is InChI=1S/C9H17N3OSi/c1-3-14(4-2)7-5-6-12(14)9-10-8-11-13-9/h8H,3-7H2,1-2H3. The Morgan fingerprint density at radius 1 is 1.50 bits per heavy atom. The lowest BCUT2D eigenvalue weighted by molar-refractivity contribution is 0.423. The van der Waals surface area contributed by atoms with Crippen LogP contribution in [0.1, 0.15) is 20.3 Å². The van der Waals surface area contributed by atoms with Gasteiger partial charge in [0.2, 0.25) is 0 Å². The lowest BCUT2D eigenvalue weighted by Gasteiger charge is -2.33. The van der Waals surface area contributed by atoms with Crippen molar-refractivity contribution in [1.29, 1.82) is 0 Å². The van der Waals surface area contributed by atoms with Crippen molar-refractivity contribution in [2.45, 2.75) is 38.4 Å². The highest BCUT2D eigenvalue weighted by Gasteiger charge is 2.42. The Morgan fingerprint density at radius 2 is 2.29 bits per heavy atom. The van der Waals surface area contributed by atoms with Crippen molar-refractivity contribution in [1.82, 2.24) is 10.1 Å². The van der Waals surface area contributed by atoms with Gasteiger partial charge in [0.05, 0.1) is 0 Å². The summed E-state index contributed by atoms with van der Waals surface area (Å²) in [5.41, 5.74) is 0. The summed E-state index contributed by atoms with van der Waals surface area (Å²) in [7, 11) is -1.28. The van der Waals surface area contributed by atoms with Gasteiger partial charge in [0.15, 0.2) is 14.6 Å². The molecular weight excluding hydrogens is 194 g/mol. The minimum Gasteiger partial charge on any atom is -0.351 e. The second kappa shape index (κ2) is 3.72. The average molecular weight is 211 g/mol. The monoisotopic (exact) mass is 211 g/mol. The van der Waals surface area contributed by atoms with E-state index in [1.165, 1.54) is 30.9 Å². The molecule has 1 aromatic heterocycles. The quantitative estimate of drug-likeness (QED) is 0.719. The third kappa shape index (κ3) is 1.35. The molecule has 1 fully saturated rings. The van der Waals surface area contributed by atoms with E-state index in [1.807, 2.05) is 0 Å². The van der Waals surface area contributed by atoms with Gasteiger partial charge in [-0.1, -0.05) is 19.0 Å². The molecule has 4 nitrogen and oxygen atoms in total. The van der Waals surface area contributed by atoms with Crippen molar-refractivity contribution in [3.8, 4) is 0 Å². The van der Waals surface area contributed by atoms with Crippen molar-refractivity contribution in [2.24, 2.45) is 0 Å². The molecule has 14 heavy (non-hydrogen) atoms. The average Bonchev–Trinajstić information content (AvgIpc) is 2.86. The van der Waals surface area contributed by atoms with Gasteiger partial charge in [-0.25, -0.2) is 0 Å². The van der Waals surface area contributed by atoms with E-state index >= 15 is 0 Å². The topological polar surface area (TPSA) is 42.2 Å². The van der Waals surface area contributed by atoms with Crippen LogP contribution in [0.2, 0.25) is 18.1 Å². The summed E-state index contributed by atoms with van der Waals surface area (Å²) < 4.78 is 7.59. The molecule has 2 rings (SSSR count). The zero-order chi connectivity index (χ0) is 10.0. The van der Waals surface area contributed by atoms with Gasteiger partial charge in [-0.2, -0.15) is 4.98 Å². The number of hydrogen-bond acceptors (Lipinski definition) is 4. The van der Waals surface area contributed by atoms with E-state index in [0.29, 0.717) is 0 Å². The van der Waals surface area contributed by atoms with Gasteiger partial charge in [-0.05, 0) is 24.6 Å². The molecule has 0 radical (unpaired) electrons. The van der Waals surface area contributed by atoms with Crippen LogP contribution in [0.15, 0.2) is 10.9 Å². The molecule has 0 atom stereocenters. The van der Waals surface area contributed by atoms with Crippen molar-refractivity contribution < 1.29 is 4.52 Å². The Morgan fingerprint density at radius 3 is 2.86 bits per heavy atom. The number of hydrogen-bond donors (Lipinski definition) is 0. The van der Waals surface area contributed by atoms with E-state index in [2.05, 4.69) is 28.6 Å². The molecule has 78 valence electrons. The van der Waals surface area contributed by atoms with E-state index in [9.17, 15) is 0 Å². The van der Waals surface area contributed by atoms with Crippen LogP contribution in [0.5, 0.6) is 0 Å². The summed E-state index contributed by atoms with van der Waals surface area (Å²) >= 11 is 0. The molecule has 0 amide bonds. The van der Waals surface area contributed by atoms with Crippen LogP contribution < -0.4 is 4.57 Å². The Kier molecular flexibility index (Phi) is 2.58. The minimum absolute atomic E-state index is 0.748. The molecule has 0 aliphatic carbocycles. The molecule has 5 heteroatoms. The molecule has 0 unspecified atom stereocenters. The molecule has 1 aliphatic heterocycles. The first-order chi connectivity index (χ1) is 6.82. The first-order valence-corrected chi connectivity index (χ1v) is 7.93. The highest BCUT2D eigenvalue weighted by Crippen LogP contribution is 2.35. The molecule has 1 aliphatic rings. The van der Waals surface area contributed by atoms with Crippen LogP contribution in [-0.4, -0.2) is 24.9 Å². The van der Waals surface area contributed by atoms with Gasteiger partial charge in [-0.15, -0.1) is 0 Å². The smallest absolute Gasteiger partial charge is 0.315 e. The van der Waals surface area contributed by atoms with E-state index in [0.717, 1.165) is 12.6 Å². The van der Waals surface area contributed by atoms with Crippen LogP contribution in [-0.2, 0) is 0 Å². The molecule has 0 N–H and O–H groups in total. The van der Waals surface area contributed by atoms with Crippen LogP contribution >= 0.6 is 0 Å². The number of anilines is 1. The van der Waals surface area contributed by atoms with Crippen molar-refractivity contribution >= 4 is 14.3 Å². The van der Waals surface area contributed by atoms with E-state index in [4.69, 9.17) is 4.52 Å². The molecule has 0 saturated carbocycles. The highest BCUT2D eigenvalue weighted by atomic mass is 28.3. The number of rotatable bonds is 3. The van der Waals surface area contributed by atoms with Crippen LogP contribution in [0.25, 0.3) is 0 Å². The summed E-state index contributed by atoms with van der Waals surface area (Å²) in [6.07, 6.45) is 2.79. The molecule has 0 spiro atoms. The van der Waals surface area contributed by atoms with E-state index in [1.54, 1.807) is 0 Å². The van der Waals surface area contributed by atoms with Crippen molar-refractivity contribution in [3.63, 3.8) is 0 Å². The summed E-state index contributed by atoms with van der Waals surface area (Å²) in [6.45, 7) is 5.70. The second-order valence-electron chi connectivity index (χ2n) is 3.91. The Balaban J connectivity index is 2.26. The molecule has 2 heterocycles. The van der Waals surface area contributed by atoms with E-state index < -0.39 is 8.24 Å². The molecule has 0 bridgehead atoms. The normalized spacial score (nSPS) is 20.3. The zero-order valence-corrected chi connectivity index (χ0v) is 9.86. The fourth-order valence-corrected chi connectivity index (χ4v) is 6.70. The van der Waals surface area contributed by atoms with Crippen LogP contribution in [0, 0.1) is 0 Å². The van der Waals surface area contributed by atoms with Crippen molar-refractivity contribution in [2.75, 3.05) is 11.1 Å². The highest BCUT2D eigenvalue weighted by molar-refractivity contribution is 6.83. The third-order valence-corrected chi connectivity index (χ3v) is 8.97.